The van der Waals surface area contributed by atoms with E-state index >= 15 is 0 Å². The first-order valence-electron chi connectivity index (χ1n) is 12.9. The first kappa shape index (κ1) is 26.3. The molecule has 5 rings (SSSR count). The number of anilines is 1. The molecule has 0 aliphatic heterocycles. The van der Waals surface area contributed by atoms with Crippen molar-refractivity contribution >= 4 is 34.2 Å². The van der Waals surface area contributed by atoms with Gasteiger partial charge in [-0.25, -0.2) is 14.4 Å². The highest BCUT2D eigenvalue weighted by molar-refractivity contribution is 6.31. The smallest absolute Gasteiger partial charge is 0.222 e. The number of benzene rings is 4. The van der Waals surface area contributed by atoms with Gasteiger partial charge in [-0.05, 0) is 60.0 Å². The first-order valence-corrected chi connectivity index (χ1v) is 13.3. The lowest BCUT2D eigenvalue weighted by molar-refractivity contribution is -0.121. The second kappa shape index (κ2) is 12.5. The van der Waals surface area contributed by atoms with Crippen LogP contribution >= 0.6 is 11.6 Å². The van der Waals surface area contributed by atoms with E-state index in [9.17, 15) is 9.18 Å². The van der Waals surface area contributed by atoms with Gasteiger partial charge in [0, 0.05) is 42.0 Å². The maximum atomic E-state index is 13.6. The average Bonchev–Trinajstić information content (AvgIpc) is 2.97. The van der Waals surface area contributed by atoms with Crippen LogP contribution in [0.4, 0.5) is 10.2 Å². The van der Waals surface area contributed by atoms with Crippen molar-refractivity contribution in [2.24, 2.45) is 0 Å². The summed E-state index contributed by atoms with van der Waals surface area (Å²) in [4.78, 5) is 24.6. The second-order valence-electron chi connectivity index (χ2n) is 9.27. The molecular weight excluding hydrogens is 511 g/mol. The van der Waals surface area contributed by atoms with Gasteiger partial charge in [0.15, 0.2) is 5.82 Å². The number of amides is 1. The highest BCUT2D eigenvalue weighted by atomic mass is 35.5. The standard InChI is InChI=1S/C32H28ClFN4O/c33-26-13-16-28-29(21-26)36-31(25-11-14-27(34)15-12-25)37-32(28)38(19-17-23-7-3-1-4-8-23)20-18-30(39)35-22-24-9-5-2-6-10-24/h1-16,21H,17-20,22H2,(H,35,39). The van der Waals surface area contributed by atoms with E-state index in [4.69, 9.17) is 21.6 Å². The summed E-state index contributed by atoms with van der Waals surface area (Å²) in [5.74, 6) is 0.818. The molecule has 5 aromatic rings. The largest absolute Gasteiger partial charge is 0.355 e. The summed E-state index contributed by atoms with van der Waals surface area (Å²) in [6.07, 6.45) is 1.07. The Balaban J connectivity index is 1.45. The maximum absolute atomic E-state index is 13.6. The van der Waals surface area contributed by atoms with Crippen molar-refractivity contribution in [1.29, 1.82) is 0 Å². The number of halogens is 2. The van der Waals surface area contributed by atoms with Gasteiger partial charge >= 0.3 is 0 Å². The van der Waals surface area contributed by atoms with Crippen LogP contribution in [0.3, 0.4) is 0 Å². The average molecular weight is 539 g/mol. The van der Waals surface area contributed by atoms with Gasteiger partial charge in [-0.1, -0.05) is 72.3 Å². The molecule has 0 spiro atoms. The van der Waals surface area contributed by atoms with E-state index in [1.54, 1.807) is 18.2 Å². The number of rotatable bonds is 10. The van der Waals surface area contributed by atoms with Crippen molar-refractivity contribution in [3.05, 3.63) is 125 Å². The highest BCUT2D eigenvalue weighted by Gasteiger charge is 2.18. The minimum absolute atomic E-state index is 0.0382. The van der Waals surface area contributed by atoms with Gasteiger partial charge in [0.2, 0.25) is 5.91 Å². The molecule has 1 aromatic heterocycles. The fourth-order valence-electron chi connectivity index (χ4n) is 4.41. The van der Waals surface area contributed by atoms with Gasteiger partial charge in [0.1, 0.15) is 11.6 Å². The van der Waals surface area contributed by atoms with E-state index in [-0.39, 0.29) is 11.7 Å². The zero-order chi connectivity index (χ0) is 27.0. The Morgan fingerprint density at radius 1 is 0.821 bits per heavy atom. The van der Waals surface area contributed by atoms with Crippen LogP contribution in [0.15, 0.2) is 103 Å². The topological polar surface area (TPSA) is 58.1 Å². The maximum Gasteiger partial charge on any atom is 0.222 e. The third-order valence-corrected chi connectivity index (χ3v) is 6.73. The van der Waals surface area contributed by atoms with Gasteiger partial charge in [0.25, 0.3) is 0 Å². The van der Waals surface area contributed by atoms with Gasteiger partial charge < -0.3 is 10.2 Å². The Morgan fingerprint density at radius 2 is 1.51 bits per heavy atom. The zero-order valence-electron chi connectivity index (χ0n) is 21.4. The van der Waals surface area contributed by atoms with E-state index < -0.39 is 0 Å². The minimum Gasteiger partial charge on any atom is -0.355 e. The monoisotopic (exact) mass is 538 g/mol. The van der Waals surface area contributed by atoms with Gasteiger partial charge in [0.05, 0.1) is 5.52 Å². The van der Waals surface area contributed by atoms with Crippen LogP contribution in [0.5, 0.6) is 0 Å². The number of hydrogen-bond donors (Lipinski definition) is 1. The number of carbonyl (C=O) groups excluding carboxylic acids is 1. The molecule has 1 heterocycles. The Bertz CT molecular complexity index is 1550. The van der Waals surface area contributed by atoms with Crippen molar-refractivity contribution in [2.75, 3.05) is 18.0 Å². The third kappa shape index (κ3) is 6.98. The quantitative estimate of drug-likeness (QED) is 0.211. The molecular formula is C32H28ClFN4O. The minimum atomic E-state index is -0.325. The normalized spacial score (nSPS) is 10.9. The zero-order valence-corrected chi connectivity index (χ0v) is 22.1. The lowest BCUT2D eigenvalue weighted by Crippen LogP contribution is -2.33. The number of carbonyl (C=O) groups is 1. The van der Waals surface area contributed by atoms with E-state index in [1.165, 1.54) is 17.7 Å². The molecule has 1 amide bonds. The van der Waals surface area contributed by atoms with Crippen molar-refractivity contribution in [1.82, 2.24) is 15.3 Å². The fourth-order valence-corrected chi connectivity index (χ4v) is 4.58. The molecule has 0 saturated heterocycles. The SMILES string of the molecule is O=C(CCN(CCc1ccccc1)c1nc(-c2ccc(F)cc2)nc2cc(Cl)ccc12)NCc1ccccc1. The third-order valence-electron chi connectivity index (χ3n) is 6.50. The summed E-state index contributed by atoms with van der Waals surface area (Å²) < 4.78 is 13.6. The molecule has 0 atom stereocenters. The summed E-state index contributed by atoms with van der Waals surface area (Å²) in [7, 11) is 0. The molecule has 0 bridgehead atoms. The molecule has 196 valence electrons. The van der Waals surface area contributed by atoms with E-state index in [1.807, 2.05) is 60.7 Å². The molecule has 4 aromatic carbocycles. The Kier molecular flexibility index (Phi) is 8.44. The van der Waals surface area contributed by atoms with Crippen LogP contribution in [0.1, 0.15) is 17.5 Å². The lowest BCUT2D eigenvalue weighted by Gasteiger charge is -2.25. The molecule has 0 fully saturated rings. The Hall–Kier alpha value is -4.29. The number of nitrogens with zero attached hydrogens (tertiary/aromatic N) is 3. The molecule has 1 N–H and O–H groups in total. The van der Waals surface area contributed by atoms with Crippen LogP contribution in [0, 0.1) is 5.82 Å². The van der Waals surface area contributed by atoms with Gasteiger partial charge in [-0.2, -0.15) is 0 Å². The molecule has 7 heteroatoms. The molecule has 0 aliphatic carbocycles. The van der Waals surface area contributed by atoms with E-state index in [2.05, 4.69) is 22.3 Å². The van der Waals surface area contributed by atoms with Crippen molar-refractivity contribution in [2.45, 2.75) is 19.4 Å². The fraction of sp³-hybridized carbons (Fsp3) is 0.156. The number of fused-ring (bicyclic) bond motifs is 1. The highest BCUT2D eigenvalue weighted by Crippen LogP contribution is 2.30. The van der Waals surface area contributed by atoms with Crippen LogP contribution in [-0.2, 0) is 17.8 Å². The summed E-state index contributed by atoms with van der Waals surface area (Å²) in [6.45, 7) is 1.59. The predicted molar refractivity (Wildman–Crippen MR) is 155 cm³/mol. The van der Waals surface area contributed by atoms with Crippen LogP contribution in [-0.4, -0.2) is 29.0 Å². The molecule has 5 nitrogen and oxygen atoms in total. The Labute approximate surface area is 232 Å². The molecule has 0 saturated carbocycles. The van der Waals surface area contributed by atoms with Gasteiger partial charge in [-0.15, -0.1) is 0 Å². The Morgan fingerprint density at radius 3 is 2.23 bits per heavy atom. The number of hydrogen-bond acceptors (Lipinski definition) is 4. The summed E-state index contributed by atoms with van der Waals surface area (Å²) in [5, 5.41) is 4.41. The van der Waals surface area contributed by atoms with Crippen molar-refractivity contribution in [3.8, 4) is 11.4 Å². The van der Waals surface area contributed by atoms with Crippen molar-refractivity contribution < 1.29 is 9.18 Å². The van der Waals surface area contributed by atoms with Crippen LogP contribution in [0.25, 0.3) is 22.3 Å². The van der Waals surface area contributed by atoms with Crippen LogP contribution in [0.2, 0.25) is 5.02 Å². The summed E-state index contributed by atoms with van der Waals surface area (Å²) in [5.41, 5.74) is 3.62. The van der Waals surface area contributed by atoms with Gasteiger partial charge in [-0.3, -0.25) is 4.79 Å². The lowest BCUT2D eigenvalue weighted by atomic mass is 10.1. The van der Waals surface area contributed by atoms with Crippen LogP contribution < -0.4 is 10.2 Å². The predicted octanol–water partition coefficient (Wildman–Crippen LogP) is 6.84. The molecule has 0 aliphatic rings. The molecule has 39 heavy (non-hydrogen) atoms. The first-order chi connectivity index (χ1) is 19.0. The summed E-state index contributed by atoms with van der Waals surface area (Å²) >= 11 is 6.32. The second-order valence-corrected chi connectivity index (χ2v) is 9.71. The van der Waals surface area contributed by atoms with Crippen molar-refractivity contribution in [3.63, 3.8) is 0 Å². The molecule has 0 radical (unpaired) electrons. The molecule has 0 unspecified atom stereocenters. The summed E-state index contributed by atoms with van der Waals surface area (Å²) in [6, 6.07) is 31.7. The van der Waals surface area contributed by atoms with E-state index in [0.717, 1.165) is 17.4 Å². The number of nitrogens with one attached hydrogen (secondary N) is 1. The number of aromatic nitrogens is 2. The van der Waals surface area contributed by atoms with E-state index in [0.29, 0.717) is 53.8 Å².